The fourth-order valence-electron chi connectivity index (χ4n) is 2.92. The minimum atomic E-state index is -0.800. The number of nitrogens with zero attached hydrogens (tertiary/aromatic N) is 4. The first-order chi connectivity index (χ1) is 11.4. The number of rotatable bonds is 5. The lowest BCUT2D eigenvalue weighted by Crippen LogP contribution is -2.35. The highest BCUT2D eigenvalue weighted by Crippen LogP contribution is 2.22. The van der Waals surface area contributed by atoms with Crippen molar-refractivity contribution in [3.63, 3.8) is 0 Å². The number of piperidine rings is 1. The van der Waals surface area contributed by atoms with Crippen molar-refractivity contribution in [1.29, 1.82) is 0 Å². The molecule has 130 valence electrons. The van der Waals surface area contributed by atoms with Gasteiger partial charge in [-0.1, -0.05) is 0 Å². The van der Waals surface area contributed by atoms with Crippen LogP contribution >= 0.6 is 0 Å². The number of aryl methyl sites for hydroxylation is 1. The molecule has 2 aromatic heterocycles. The lowest BCUT2D eigenvalue weighted by Gasteiger charge is -2.23. The first-order valence-corrected chi connectivity index (χ1v) is 8.47. The van der Waals surface area contributed by atoms with E-state index in [0.717, 1.165) is 42.8 Å². The minimum absolute atomic E-state index is 0.416. The molecule has 1 fully saturated rings. The average molecular weight is 330 g/mol. The summed E-state index contributed by atoms with van der Waals surface area (Å²) in [6.45, 7) is 8.03. The van der Waals surface area contributed by atoms with Crippen molar-refractivity contribution in [3.05, 3.63) is 24.2 Å². The predicted molar refractivity (Wildman–Crippen MR) is 93.8 cm³/mol. The van der Waals surface area contributed by atoms with Gasteiger partial charge in [-0.15, -0.1) is 0 Å². The van der Waals surface area contributed by atoms with Gasteiger partial charge in [0.15, 0.2) is 0 Å². The third-order valence-corrected chi connectivity index (χ3v) is 4.10. The normalized spacial score (nSPS) is 16.3. The van der Waals surface area contributed by atoms with Crippen LogP contribution in [0, 0.1) is 6.92 Å². The standard InChI is InChI=1S/C17H26N6O/c1-12-8-19-16(21-14-4-6-18-7-5-14)22-15(12)13-9-20-23(10-13)11-17(2,3)24/h8-10,14,18,24H,4-7,11H2,1-3H3,(H,19,21,22). The lowest BCUT2D eigenvalue weighted by atomic mass is 10.1. The molecule has 2 aromatic rings. The highest BCUT2D eigenvalue weighted by atomic mass is 16.3. The van der Waals surface area contributed by atoms with Gasteiger partial charge in [0.2, 0.25) is 5.95 Å². The predicted octanol–water partition coefficient (Wildman–Crippen LogP) is 1.58. The van der Waals surface area contributed by atoms with Crippen molar-refractivity contribution in [3.8, 4) is 11.3 Å². The molecule has 0 atom stereocenters. The van der Waals surface area contributed by atoms with E-state index < -0.39 is 5.60 Å². The van der Waals surface area contributed by atoms with Crippen molar-refractivity contribution >= 4 is 5.95 Å². The van der Waals surface area contributed by atoms with Crippen LogP contribution in [0.1, 0.15) is 32.3 Å². The zero-order valence-electron chi connectivity index (χ0n) is 14.6. The summed E-state index contributed by atoms with van der Waals surface area (Å²) in [5, 5.41) is 21.1. The molecule has 1 aliphatic rings. The highest BCUT2D eigenvalue weighted by molar-refractivity contribution is 5.62. The molecular weight excluding hydrogens is 304 g/mol. The quantitative estimate of drug-likeness (QED) is 0.771. The van der Waals surface area contributed by atoms with Crippen LogP contribution in [0.4, 0.5) is 5.95 Å². The van der Waals surface area contributed by atoms with Crippen LogP contribution in [0.15, 0.2) is 18.6 Å². The van der Waals surface area contributed by atoms with E-state index in [9.17, 15) is 5.11 Å². The van der Waals surface area contributed by atoms with Gasteiger partial charge in [-0.05, 0) is 52.3 Å². The molecule has 3 heterocycles. The molecule has 3 rings (SSSR count). The van der Waals surface area contributed by atoms with E-state index in [0.29, 0.717) is 18.5 Å². The largest absolute Gasteiger partial charge is 0.389 e. The summed E-state index contributed by atoms with van der Waals surface area (Å²) in [6, 6.07) is 0.416. The van der Waals surface area contributed by atoms with Gasteiger partial charge in [0.1, 0.15) is 0 Å². The molecule has 0 saturated carbocycles. The van der Waals surface area contributed by atoms with Gasteiger partial charge in [-0.3, -0.25) is 4.68 Å². The lowest BCUT2D eigenvalue weighted by molar-refractivity contribution is 0.0577. The number of hydrogen-bond donors (Lipinski definition) is 3. The molecule has 0 amide bonds. The van der Waals surface area contributed by atoms with Crippen LogP contribution in [-0.2, 0) is 6.54 Å². The van der Waals surface area contributed by atoms with Crippen LogP contribution in [0.3, 0.4) is 0 Å². The maximum atomic E-state index is 9.93. The SMILES string of the molecule is Cc1cnc(NC2CCNCC2)nc1-c1cnn(CC(C)(C)O)c1. The maximum Gasteiger partial charge on any atom is 0.223 e. The summed E-state index contributed by atoms with van der Waals surface area (Å²) in [4.78, 5) is 9.10. The maximum absolute atomic E-state index is 9.93. The number of anilines is 1. The first kappa shape index (κ1) is 16.9. The van der Waals surface area contributed by atoms with Crippen molar-refractivity contribution < 1.29 is 5.11 Å². The summed E-state index contributed by atoms with van der Waals surface area (Å²) >= 11 is 0. The molecule has 0 radical (unpaired) electrons. The summed E-state index contributed by atoms with van der Waals surface area (Å²) in [6.07, 6.45) is 7.71. The molecule has 24 heavy (non-hydrogen) atoms. The molecule has 0 spiro atoms. The van der Waals surface area contributed by atoms with Crippen molar-refractivity contribution in [2.75, 3.05) is 18.4 Å². The Labute approximate surface area is 142 Å². The molecule has 0 bridgehead atoms. The molecule has 7 nitrogen and oxygen atoms in total. The molecule has 0 aliphatic carbocycles. The van der Waals surface area contributed by atoms with E-state index in [2.05, 4.69) is 25.7 Å². The fraction of sp³-hybridized carbons (Fsp3) is 0.588. The van der Waals surface area contributed by atoms with Crippen LogP contribution in [0.2, 0.25) is 0 Å². The Hall–Kier alpha value is -1.99. The van der Waals surface area contributed by atoms with Crippen LogP contribution in [0.5, 0.6) is 0 Å². The molecule has 3 N–H and O–H groups in total. The van der Waals surface area contributed by atoms with Gasteiger partial charge in [-0.25, -0.2) is 9.97 Å². The second-order valence-electron chi connectivity index (χ2n) is 7.13. The fourth-order valence-corrected chi connectivity index (χ4v) is 2.92. The second-order valence-corrected chi connectivity index (χ2v) is 7.13. The average Bonchev–Trinajstić information content (AvgIpc) is 2.96. The van der Waals surface area contributed by atoms with E-state index in [4.69, 9.17) is 0 Å². The van der Waals surface area contributed by atoms with Gasteiger partial charge in [0.05, 0.1) is 24.0 Å². The van der Waals surface area contributed by atoms with Crippen LogP contribution in [-0.4, -0.2) is 49.6 Å². The number of hydrogen-bond acceptors (Lipinski definition) is 6. The van der Waals surface area contributed by atoms with Crippen LogP contribution in [0.25, 0.3) is 11.3 Å². The highest BCUT2D eigenvalue weighted by Gasteiger charge is 2.17. The van der Waals surface area contributed by atoms with E-state index in [1.54, 1.807) is 24.7 Å². The smallest absolute Gasteiger partial charge is 0.223 e. The minimum Gasteiger partial charge on any atom is -0.389 e. The van der Waals surface area contributed by atoms with Gasteiger partial charge in [-0.2, -0.15) is 5.10 Å². The number of nitrogens with one attached hydrogen (secondary N) is 2. The Morgan fingerprint density at radius 1 is 1.33 bits per heavy atom. The second kappa shape index (κ2) is 6.86. The number of aromatic nitrogens is 4. The van der Waals surface area contributed by atoms with Crippen molar-refractivity contribution in [2.45, 2.75) is 51.8 Å². The van der Waals surface area contributed by atoms with Gasteiger partial charge in [0, 0.05) is 24.0 Å². The van der Waals surface area contributed by atoms with Gasteiger partial charge >= 0.3 is 0 Å². The summed E-state index contributed by atoms with van der Waals surface area (Å²) in [5.41, 5.74) is 2.02. The Morgan fingerprint density at radius 3 is 2.79 bits per heavy atom. The third kappa shape index (κ3) is 4.30. The van der Waals surface area contributed by atoms with Gasteiger partial charge < -0.3 is 15.7 Å². The van der Waals surface area contributed by atoms with Gasteiger partial charge in [0.25, 0.3) is 0 Å². The van der Waals surface area contributed by atoms with Crippen molar-refractivity contribution in [1.82, 2.24) is 25.1 Å². The summed E-state index contributed by atoms with van der Waals surface area (Å²) in [7, 11) is 0. The summed E-state index contributed by atoms with van der Waals surface area (Å²) < 4.78 is 1.75. The van der Waals surface area contributed by atoms with E-state index >= 15 is 0 Å². The summed E-state index contributed by atoms with van der Waals surface area (Å²) in [5.74, 6) is 0.665. The van der Waals surface area contributed by atoms with Crippen LogP contribution < -0.4 is 10.6 Å². The Bertz CT molecular complexity index is 685. The zero-order chi connectivity index (χ0) is 17.2. The van der Waals surface area contributed by atoms with E-state index in [1.165, 1.54) is 0 Å². The molecular formula is C17H26N6O. The molecule has 1 saturated heterocycles. The Morgan fingerprint density at radius 2 is 2.08 bits per heavy atom. The first-order valence-electron chi connectivity index (χ1n) is 8.47. The zero-order valence-corrected chi connectivity index (χ0v) is 14.6. The topological polar surface area (TPSA) is 87.9 Å². The molecule has 0 aromatic carbocycles. The van der Waals surface area contributed by atoms with E-state index in [-0.39, 0.29) is 0 Å². The molecule has 0 unspecified atom stereocenters. The Balaban J connectivity index is 1.78. The Kier molecular flexibility index (Phi) is 4.82. The third-order valence-electron chi connectivity index (χ3n) is 4.10. The molecule has 7 heteroatoms. The number of aliphatic hydroxyl groups is 1. The van der Waals surface area contributed by atoms with Crippen molar-refractivity contribution in [2.24, 2.45) is 0 Å². The monoisotopic (exact) mass is 330 g/mol. The van der Waals surface area contributed by atoms with E-state index in [1.807, 2.05) is 19.3 Å². The molecule has 1 aliphatic heterocycles.